The van der Waals surface area contributed by atoms with Crippen molar-refractivity contribution in [3.05, 3.63) is 119 Å². The SMILES string of the molecule is NCC(=O)c1cnc(CC2(c3ccc(F)cc3)CCC2)nc1.O=C(CNC(=O)C(F)(F)F)c1cnc(CC2(c3ccc(F)cc3)CCC2)nc1. The van der Waals surface area contributed by atoms with E-state index in [0.717, 1.165) is 49.7 Å². The van der Waals surface area contributed by atoms with E-state index in [1.54, 1.807) is 12.1 Å². The Morgan fingerprint density at radius 2 is 1.04 bits per heavy atom. The van der Waals surface area contributed by atoms with Gasteiger partial charge in [0.05, 0.1) is 24.2 Å². The van der Waals surface area contributed by atoms with Crippen LogP contribution in [0.1, 0.15) is 82.0 Å². The highest BCUT2D eigenvalue weighted by Gasteiger charge is 2.41. The minimum atomic E-state index is -5.04. The van der Waals surface area contributed by atoms with Crippen LogP contribution in [0.15, 0.2) is 73.3 Å². The summed E-state index contributed by atoms with van der Waals surface area (Å²) < 4.78 is 62.7. The first kappa shape index (κ1) is 36.3. The molecular formula is C36H35F5N6O3. The third kappa shape index (κ3) is 8.59. The standard InChI is InChI=1S/C19H17F4N3O2.C17H18FN3O/c20-14-4-2-13(3-5-14)18(6-1-7-18)8-16-24-9-12(10-25-16)15(27)11-26-17(28)19(21,22)23;18-14-4-2-13(3-5-14)17(6-1-7-17)8-16-20-10-12(11-21-16)15(22)9-19/h2-5,9-10H,1,6-8,11H2,(H,26,28);2-5,10-11H,1,6-9,19H2. The molecule has 0 bridgehead atoms. The number of nitrogens with one attached hydrogen (secondary N) is 1. The predicted molar refractivity (Wildman–Crippen MR) is 172 cm³/mol. The number of benzene rings is 2. The van der Waals surface area contributed by atoms with Crippen LogP contribution < -0.4 is 11.1 Å². The van der Waals surface area contributed by atoms with Crippen LogP contribution in [0.3, 0.4) is 0 Å². The van der Waals surface area contributed by atoms with E-state index in [1.807, 2.05) is 12.1 Å². The summed E-state index contributed by atoms with van der Waals surface area (Å²) in [6.07, 6.45) is 7.82. The van der Waals surface area contributed by atoms with Gasteiger partial charge in [-0.25, -0.2) is 28.7 Å². The van der Waals surface area contributed by atoms with Crippen LogP contribution in [0.25, 0.3) is 0 Å². The fourth-order valence-electron chi connectivity index (χ4n) is 6.22. The third-order valence-corrected chi connectivity index (χ3v) is 9.43. The normalized spacial score (nSPS) is 15.8. The Balaban J connectivity index is 0.000000200. The molecule has 14 heteroatoms. The van der Waals surface area contributed by atoms with Gasteiger partial charge >= 0.3 is 12.1 Å². The topological polar surface area (TPSA) is 141 Å². The molecule has 2 aliphatic rings. The molecule has 2 aromatic carbocycles. The second-order valence-corrected chi connectivity index (χ2v) is 12.6. The fourth-order valence-corrected chi connectivity index (χ4v) is 6.22. The van der Waals surface area contributed by atoms with E-state index in [9.17, 15) is 36.3 Å². The van der Waals surface area contributed by atoms with Crippen LogP contribution in [0.2, 0.25) is 0 Å². The fraction of sp³-hybridized carbons (Fsp3) is 0.361. The first-order chi connectivity index (χ1) is 23.8. The number of nitrogens with zero attached hydrogens (tertiary/aromatic N) is 4. The Bertz CT molecular complexity index is 1790. The van der Waals surface area contributed by atoms with E-state index in [2.05, 4.69) is 19.9 Å². The molecule has 262 valence electrons. The molecule has 0 saturated heterocycles. The van der Waals surface area contributed by atoms with Crippen LogP contribution in [0, 0.1) is 11.6 Å². The molecule has 9 nitrogen and oxygen atoms in total. The molecule has 0 unspecified atom stereocenters. The predicted octanol–water partition coefficient (Wildman–Crippen LogP) is 5.56. The van der Waals surface area contributed by atoms with Gasteiger partial charge in [-0.2, -0.15) is 13.2 Å². The van der Waals surface area contributed by atoms with Gasteiger partial charge in [-0.15, -0.1) is 0 Å². The molecule has 4 aromatic rings. The lowest BCUT2D eigenvalue weighted by atomic mass is 9.62. The lowest BCUT2D eigenvalue weighted by molar-refractivity contribution is -0.173. The summed E-state index contributed by atoms with van der Waals surface area (Å²) >= 11 is 0. The Kier molecular flexibility index (Phi) is 11.1. The van der Waals surface area contributed by atoms with Crippen molar-refractivity contribution in [3.8, 4) is 0 Å². The van der Waals surface area contributed by atoms with Crippen molar-refractivity contribution in [1.82, 2.24) is 25.3 Å². The molecule has 0 atom stereocenters. The Hall–Kier alpha value is -4.98. The first-order valence-corrected chi connectivity index (χ1v) is 16.1. The van der Waals surface area contributed by atoms with E-state index in [-0.39, 0.29) is 40.4 Å². The summed E-state index contributed by atoms with van der Waals surface area (Å²) in [7, 11) is 0. The van der Waals surface area contributed by atoms with Crippen molar-refractivity contribution in [2.24, 2.45) is 5.73 Å². The molecule has 3 N–H and O–H groups in total. The number of hydrogen-bond acceptors (Lipinski definition) is 8. The van der Waals surface area contributed by atoms with Gasteiger partial charge in [0.1, 0.15) is 23.3 Å². The van der Waals surface area contributed by atoms with E-state index >= 15 is 0 Å². The molecule has 0 spiro atoms. The number of hydrogen-bond donors (Lipinski definition) is 2. The van der Waals surface area contributed by atoms with Gasteiger partial charge in [0, 0.05) is 48.5 Å². The maximum atomic E-state index is 13.2. The third-order valence-electron chi connectivity index (χ3n) is 9.43. The van der Waals surface area contributed by atoms with Crippen LogP contribution in [0.5, 0.6) is 0 Å². The van der Waals surface area contributed by atoms with Crippen molar-refractivity contribution in [1.29, 1.82) is 0 Å². The Labute approximate surface area is 285 Å². The van der Waals surface area contributed by atoms with Gasteiger partial charge in [0.25, 0.3) is 0 Å². The largest absolute Gasteiger partial charge is 0.471 e. The summed E-state index contributed by atoms with van der Waals surface area (Å²) in [4.78, 5) is 51.0. The number of halogens is 5. The van der Waals surface area contributed by atoms with Gasteiger partial charge in [-0.05, 0) is 61.1 Å². The number of Topliss-reactive ketones (excluding diaryl/α,β-unsaturated/α-hetero) is 2. The summed E-state index contributed by atoms with van der Waals surface area (Å²) in [6.45, 7) is -0.831. The highest BCUT2D eigenvalue weighted by Crippen LogP contribution is 2.46. The van der Waals surface area contributed by atoms with Crippen molar-refractivity contribution in [2.45, 2.75) is 68.4 Å². The molecule has 2 aromatic heterocycles. The molecule has 6 rings (SSSR count). The first-order valence-electron chi connectivity index (χ1n) is 16.1. The van der Waals surface area contributed by atoms with Crippen molar-refractivity contribution in [3.63, 3.8) is 0 Å². The van der Waals surface area contributed by atoms with Crippen LogP contribution >= 0.6 is 0 Å². The number of amides is 1. The maximum absolute atomic E-state index is 13.2. The van der Waals surface area contributed by atoms with E-state index in [1.165, 1.54) is 54.4 Å². The molecule has 0 aliphatic heterocycles. The van der Waals surface area contributed by atoms with Gasteiger partial charge in [0.2, 0.25) is 0 Å². The zero-order valence-electron chi connectivity index (χ0n) is 27.0. The van der Waals surface area contributed by atoms with Gasteiger partial charge in [0.15, 0.2) is 11.6 Å². The average Bonchev–Trinajstić information content (AvgIpc) is 3.08. The van der Waals surface area contributed by atoms with Crippen LogP contribution in [0.4, 0.5) is 22.0 Å². The second-order valence-electron chi connectivity index (χ2n) is 12.6. The number of aromatic nitrogens is 4. The van der Waals surface area contributed by atoms with Crippen LogP contribution in [-0.4, -0.2) is 56.7 Å². The van der Waals surface area contributed by atoms with Gasteiger partial charge in [-0.1, -0.05) is 37.1 Å². The van der Waals surface area contributed by atoms with Gasteiger partial charge < -0.3 is 11.1 Å². The summed E-state index contributed by atoms with van der Waals surface area (Å²) in [5.74, 6) is -2.40. The summed E-state index contributed by atoms with van der Waals surface area (Å²) in [5.41, 5.74) is 7.72. The number of carbonyl (C=O) groups is 3. The smallest absolute Gasteiger partial charge is 0.341 e. The van der Waals surface area contributed by atoms with E-state index in [4.69, 9.17) is 5.73 Å². The number of carbonyl (C=O) groups excluding carboxylic acids is 3. The molecule has 0 radical (unpaired) electrons. The van der Waals surface area contributed by atoms with Crippen molar-refractivity contribution < 1.29 is 36.3 Å². The zero-order chi connectivity index (χ0) is 35.9. The molecule has 2 heterocycles. The van der Waals surface area contributed by atoms with Crippen molar-refractivity contribution in [2.75, 3.05) is 13.1 Å². The number of alkyl halides is 3. The molecular weight excluding hydrogens is 659 g/mol. The Morgan fingerprint density at radius 1 is 0.660 bits per heavy atom. The van der Waals surface area contributed by atoms with Crippen LogP contribution in [-0.2, 0) is 28.5 Å². The molecule has 1 amide bonds. The lowest BCUT2D eigenvalue weighted by Crippen LogP contribution is -2.39. The molecule has 2 saturated carbocycles. The van der Waals surface area contributed by atoms with Crippen molar-refractivity contribution >= 4 is 17.5 Å². The molecule has 50 heavy (non-hydrogen) atoms. The minimum Gasteiger partial charge on any atom is -0.341 e. The minimum absolute atomic E-state index is 0.00685. The average molecular weight is 695 g/mol. The monoisotopic (exact) mass is 694 g/mol. The van der Waals surface area contributed by atoms with Gasteiger partial charge in [-0.3, -0.25) is 14.4 Å². The lowest BCUT2D eigenvalue weighted by Gasteiger charge is -2.42. The molecule has 2 fully saturated rings. The zero-order valence-corrected chi connectivity index (χ0v) is 27.0. The highest BCUT2D eigenvalue weighted by molar-refractivity contribution is 5.99. The second kappa shape index (κ2) is 15.3. The molecule has 2 aliphatic carbocycles. The van der Waals surface area contributed by atoms with E-state index in [0.29, 0.717) is 30.1 Å². The number of nitrogens with two attached hydrogens (primary N) is 1. The summed E-state index contributed by atoms with van der Waals surface area (Å²) in [5, 5.41) is 1.52. The highest BCUT2D eigenvalue weighted by atomic mass is 19.4. The summed E-state index contributed by atoms with van der Waals surface area (Å²) in [6, 6.07) is 13.0. The number of rotatable bonds is 11. The quantitative estimate of drug-likeness (QED) is 0.154. The Morgan fingerprint density at radius 3 is 1.36 bits per heavy atom. The van der Waals surface area contributed by atoms with E-state index < -0.39 is 24.4 Å². The maximum Gasteiger partial charge on any atom is 0.471 e. The number of ketones is 2.